The average molecular weight is 241 g/mol. The molecule has 0 saturated heterocycles. The number of carbonyl (C=O) groups excluding carboxylic acids is 1. The Balaban J connectivity index is 3.20. The lowest BCUT2D eigenvalue weighted by molar-refractivity contribution is 0.0895. The largest absolute Gasteiger partial charge is 0.366 e. The maximum Gasteiger partial charge on any atom is 0.364 e. The van der Waals surface area contributed by atoms with E-state index in [4.69, 9.17) is 28.9 Å². The van der Waals surface area contributed by atoms with Gasteiger partial charge in [0.2, 0.25) is 0 Å². The SMILES string of the molecule is NC(=O)c1ccc(C(F)(F)Cl)nc1Cl. The smallest absolute Gasteiger partial charge is 0.364 e. The lowest BCUT2D eigenvalue weighted by Crippen LogP contribution is -2.14. The van der Waals surface area contributed by atoms with Crippen LogP contribution in [0.1, 0.15) is 16.1 Å². The highest BCUT2D eigenvalue weighted by molar-refractivity contribution is 6.32. The third-order valence-electron chi connectivity index (χ3n) is 1.40. The third kappa shape index (κ3) is 2.30. The number of pyridine rings is 1. The molecule has 1 rings (SSSR count). The van der Waals surface area contributed by atoms with Gasteiger partial charge in [0, 0.05) is 0 Å². The summed E-state index contributed by atoms with van der Waals surface area (Å²) in [5.74, 6) is -0.841. The van der Waals surface area contributed by atoms with Crippen molar-refractivity contribution in [2.24, 2.45) is 5.73 Å². The first-order chi connectivity index (χ1) is 6.32. The van der Waals surface area contributed by atoms with Gasteiger partial charge in [0.15, 0.2) is 0 Å². The normalized spacial score (nSPS) is 11.4. The molecule has 0 saturated carbocycles. The molecule has 0 aliphatic rings. The number of rotatable bonds is 2. The number of nitrogens with two attached hydrogens (primary N) is 1. The van der Waals surface area contributed by atoms with Crippen LogP contribution in [0.3, 0.4) is 0 Å². The summed E-state index contributed by atoms with van der Waals surface area (Å²) < 4.78 is 25.0. The fourth-order valence-electron chi connectivity index (χ4n) is 0.776. The first kappa shape index (κ1) is 11.1. The summed E-state index contributed by atoms with van der Waals surface area (Å²) in [6, 6.07) is 1.93. The number of aromatic nitrogens is 1. The van der Waals surface area contributed by atoms with E-state index in [0.717, 1.165) is 12.1 Å². The van der Waals surface area contributed by atoms with Crippen molar-refractivity contribution < 1.29 is 13.6 Å². The van der Waals surface area contributed by atoms with E-state index in [9.17, 15) is 13.6 Å². The van der Waals surface area contributed by atoms with E-state index in [1.165, 1.54) is 0 Å². The molecule has 1 aromatic rings. The zero-order valence-corrected chi connectivity index (χ0v) is 8.11. The number of nitrogens with zero attached hydrogens (tertiary/aromatic N) is 1. The molecule has 1 heterocycles. The summed E-state index contributed by atoms with van der Waals surface area (Å²) >= 11 is 10.1. The van der Waals surface area contributed by atoms with Crippen LogP contribution < -0.4 is 5.73 Å². The molecule has 0 aliphatic carbocycles. The van der Waals surface area contributed by atoms with Crippen molar-refractivity contribution >= 4 is 29.1 Å². The second-order valence-electron chi connectivity index (χ2n) is 2.40. The molecule has 0 aromatic carbocycles. The van der Waals surface area contributed by atoms with Crippen molar-refractivity contribution in [3.05, 3.63) is 28.5 Å². The minimum atomic E-state index is -3.61. The lowest BCUT2D eigenvalue weighted by Gasteiger charge is -2.07. The van der Waals surface area contributed by atoms with Gasteiger partial charge in [-0.1, -0.05) is 11.6 Å². The average Bonchev–Trinajstić information content (AvgIpc) is 2.01. The minimum Gasteiger partial charge on any atom is -0.366 e. The molecule has 3 nitrogen and oxygen atoms in total. The molecule has 1 aromatic heterocycles. The van der Waals surface area contributed by atoms with Crippen molar-refractivity contribution in [1.82, 2.24) is 4.98 Å². The zero-order chi connectivity index (χ0) is 10.9. The van der Waals surface area contributed by atoms with E-state index < -0.39 is 22.1 Å². The van der Waals surface area contributed by atoms with E-state index in [0.29, 0.717) is 0 Å². The molecule has 0 atom stereocenters. The summed E-state index contributed by atoms with van der Waals surface area (Å²) in [4.78, 5) is 13.9. The molecule has 0 spiro atoms. The van der Waals surface area contributed by atoms with Gasteiger partial charge in [-0.15, -0.1) is 0 Å². The summed E-state index contributed by atoms with van der Waals surface area (Å²) in [5.41, 5.74) is 4.03. The number of hydrogen-bond acceptors (Lipinski definition) is 2. The van der Waals surface area contributed by atoms with Gasteiger partial charge in [-0.2, -0.15) is 8.78 Å². The predicted molar refractivity (Wildman–Crippen MR) is 47.5 cm³/mol. The van der Waals surface area contributed by atoms with Gasteiger partial charge in [-0.25, -0.2) is 4.98 Å². The van der Waals surface area contributed by atoms with Crippen molar-refractivity contribution in [3.8, 4) is 0 Å². The number of amides is 1. The Morgan fingerprint density at radius 2 is 2.07 bits per heavy atom. The molecule has 76 valence electrons. The summed E-state index contributed by atoms with van der Waals surface area (Å²) in [6.45, 7) is 0. The molecule has 0 fully saturated rings. The molecule has 0 bridgehead atoms. The Hall–Kier alpha value is -0.940. The molecular weight excluding hydrogens is 237 g/mol. The van der Waals surface area contributed by atoms with Crippen molar-refractivity contribution in [2.45, 2.75) is 5.38 Å². The molecule has 14 heavy (non-hydrogen) atoms. The molecule has 0 aliphatic heterocycles. The summed E-state index contributed by atoms with van der Waals surface area (Å²) in [5, 5.41) is -4.00. The number of halogens is 4. The van der Waals surface area contributed by atoms with Gasteiger partial charge in [0.1, 0.15) is 10.8 Å². The fraction of sp³-hybridized carbons (Fsp3) is 0.143. The summed E-state index contributed by atoms with van der Waals surface area (Å²) in [7, 11) is 0. The Morgan fingerprint density at radius 1 is 1.50 bits per heavy atom. The van der Waals surface area contributed by atoms with Gasteiger partial charge < -0.3 is 5.73 Å². The Kier molecular flexibility index (Phi) is 2.92. The fourth-order valence-corrected chi connectivity index (χ4v) is 1.13. The van der Waals surface area contributed by atoms with Gasteiger partial charge in [0.25, 0.3) is 5.91 Å². The molecule has 0 radical (unpaired) electrons. The molecule has 2 N–H and O–H groups in total. The second-order valence-corrected chi connectivity index (χ2v) is 3.23. The van der Waals surface area contributed by atoms with Crippen LogP contribution in [0, 0.1) is 0 Å². The first-order valence-corrected chi connectivity index (χ1v) is 4.11. The standard InChI is InChI=1S/C7H4Cl2F2N2O/c8-5-3(6(12)14)1-2-4(13-5)7(9,10)11/h1-2H,(H2,12,14). The van der Waals surface area contributed by atoms with Crippen LogP contribution >= 0.6 is 23.2 Å². The van der Waals surface area contributed by atoms with Crippen LogP contribution in [0.25, 0.3) is 0 Å². The number of carbonyl (C=O) groups is 1. The maximum absolute atomic E-state index is 12.5. The Morgan fingerprint density at radius 3 is 2.43 bits per heavy atom. The molecule has 0 unspecified atom stereocenters. The van der Waals surface area contributed by atoms with Gasteiger partial charge in [-0.3, -0.25) is 4.79 Å². The van der Waals surface area contributed by atoms with E-state index in [-0.39, 0.29) is 5.56 Å². The second kappa shape index (κ2) is 3.67. The van der Waals surface area contributed by atoms with E-state index >= 15 is 0 Å². The van der Waals surface area contributed by atoms with Crippen LogP contribution in [0.2, 0.25) is 5.15 Å². The van der Waals surface area contributed by atoms with Crippen LogP contribution in [0.4, 0.5) is 8.78 Å². The highest BCUT2D eigenvalue weighted by Gasteiger charge is 2.30. The van der Waals surface area contributed by atoms with Crippen molar-refractivity contribution in [3.63, 3.8) is 0 Å². The maximum atomic E-state index is 12.5. The van der Waals surface area contributed by atoms with E-state index in [2.05, 4.69) is 4.98 Å². The van der Waals surface area contributed by atoms with Crippen LogP contribution in [-0.2, 0) is 5.38 Å². The Labute approximate surface area is 87.8 Å². The van der Waals surface area contributed by atoms with Crippen LogP contribution in [0.15, 0.2) is 12.1 Å². The predicted octanol–water partition coefficient (Wildman–Crippen LogP) is 2.12. The number of alkyl halides is 3. The highest BCUT2D eigenvalue weighted by atomic mass is 35.5. The first-order valence-electron chi connectivity index (χ1n) is 3.36. The minimum absolute atomic E-state index is 0.128. The monoisotopic (exact) mass is 240 g/mol. The lowest BCUT2D eigenvalue weighted by atomic mass is 10.2. The van der Waals surface area contributed by atoms with E-state index in [1.807, 2.05) is 0 Å². The van der Waals surface area contributed by atoms with Gasteiger partial charge in [0.05, 0.1) is 5.56 Å². The van der Waals surface area contributed by atoms with Crippen LogP contribution in [-0.4, -0.2) is 10.9 Å². The van der Waals surface area contributed by atoms with Crippen molar-refractivity contribution in [2.75, 3.05) is 0 Å². The topological polar surface area (TPSA) is 56.0 Å². The van der Waals surface area contributed by atoms with Crippen molar-refractivity contribution in [1.29, 1.82) is 0 Å². The summed E-state index contributed by atoms with van der Waals surface area (Å²) in [6.07, 6.45) is 0. The van der Waals surface area contributed by atoms with Gasteiger partial charge >= 0.3 is 5.38 Å². The van der Waals surface area contributed by atoms with Gasteiger partial charge in [-0.05, 0) is 23.7 Å². The zero-order valence-electron chi connectivity index (χ0n) is 6.60. The molecule has 7 heteroatoms. The molecular formula is C7H4Cl2F2N2O. The van der Waals surface area contributed by atoms with Crippen LogP contribution in [0.5, 0.6) is 0 Å². The Bertz CT molecular complexity index is 378. The number of hydrogen-bond donors (Lipinski definition) is 1. The quantitative estimate of drug-likeness (QED) is 0.636. The highest BCUT2D eigenvalue weighted by Crippen LogP contribution is 2.31. The number of primary amides is 1. The molecule has 1 amide bonds. The van der Waals surface area contributed by atoms with E-state index in [1.54, 1.807) is 0 Å². The third-order valence-corrected chi connectivity index (χ3v) is 1.89.